The molecule has 0 aliphatic rings. The van der Waals surface area contributed by atoms with Gasteiger partial charge in [0.05, 0.1) is 5.75 Å². The topological polar surface area (TPSA) is 72.2 Å². The van der Waals surface area contributed by atoms with Gasteiger partial charge in [-0.3, -0.25) is 11.3 Å². The fraction of sp³-hybridized carbons (Fsp3) is 0.400. The average Bonchev–Trinajstić information content (AvgIpc) is 2.28. The normalized spacial score (nSPS) is 13.6. The van der Waals surface area contributed by atoms with Crippen LogP contribution in [0.1, 0.15) is 18.0 Å². The first kappa shape index (κ1) is 14.9. The molecule has 0 bridgehead atoms. The van der Waals surface area contributed by atoms with E-state index in [9.17, 15) is 21.6 Å². The second-order valence-electron chi connectivity index (χ2n) is 3.90. The number of halogens is 3. The Balaban J connectivity index is 2.99. The number of hydrazine groups is 1. The van der Waals surface area contributed by atoms with Gasteiger partial charge in [-0.05, 0) is 12.5 Å². The summed E-state index contributed by atoms with van der Waals surface area (Å²) in [5.74, 6) is 0.630. The average molecular weight is 282 g/mol. The number of hydrogen-bond donors (Lipinski definition) is 2. The van der Waals surface area contributed by atoms with E-state index in [1.807, 2.05) is 0 Å². The van der Waals surface area contributed by atoms with Crippen molar-refractivity contribution in [3.8, 4) is 0 Å². The summed E-state index contributed by atoms with van der Waals surface area (Å²) in [6, 6.07) is 0.883. The molecular formula is C10H13F3N2O2S. The molecule has 1 rings (SSSR count). The summed E-state index contributed by atoms with van der Waals surface area (Å²) in [5, 5.41) is 0. The third-order valence-electron chi connectivity index (χ3n) is 2.42. The molecule has 0 amide bonds. The van der Waals surface area contributed by atoms with Crippen LogP contribution in [0, 0.1) is 17.5 Å². The highest BCUT2D eigenvalue weighted by Gasteiger charge is 2.21. The van der Waals surface area contributed by atoms with Crippen LogP contribution >= 0.6 is 0 Å². The second kappa shape index (κ2) is 5.68. The van der Waals surface area contributed by atoms with Gasteiger partial charge in [-0.1, -0.05) is 6.07 Å². The fourth-order valence-corrected chi connectivity index (χ4v) is 2.13. The molecule has 8 heteroatoms. The summed E-state index contributed by atoms with van der Waals surface area (Å²) in [4.78, 5) is 0. The first-order valence-electron chi connectivity index (χ1n) is 5.03. The van der Waals surface area contributed by atoms with Crippen molar-refractivity contribution in [2.45, 2.75) is 12.5 Å². The molecule has 0 saturated heterocycles. The molecule has 0 aliphatic heterocycles. The summed E-state index contributed by atoms with van der Waals surface area (Å²) >= 11 is 0. The molecule has 0 fully saturated rings. The van der Waals surface area contributed by atoms with E-state index in [-0.39, 0.29) is 17.7 Å². The molecule has 0 spiro atoms. The Morgan fingerprint density at radius 2 is 1.89 bits per heavy atom. The Labute approximate surface area is 103 Å². The molecule has 0 saturated carbocycles. The van der Waals surface area contributed by atoms with Gasteiger partial charge in [-0.15, -0.1) is 0 Å². The van der Waals surface area contributed by atoms with Crippen LogP contribution in [0.2, 0.25) is 0 Å². The Morgan fingerprint density at radius 3 is 2.39 bits per heavy atom. The number of hydrogen-bond acceptors (Lipinski definition) is 4. The summed E-state index contributed by atoms with van der Waals surface area (Å²) in [6.07, 6.45) is 0.972. The van der Waals surface area contributed by atoms with Gasteiger partial charge >= 0.3 is 0 Å². The number of rotatable bonds is 5. The lowest BCUT2D eigenvalue weighted by Crippen LogP contribution is -2.30. The number of sulfone groups is 1. The van der Waals surface area contributed by atoms with Crippen molar-refractivity contribution in [2.24, 2.45) is 5.84 Å². The lowest BCUT2D eigenvalue weighted by Gasteiger charge is -2.16. The minimum absolute atomic E-state index is 0.0443. The minimum Gasteiger partial charge on any atom is -0.271 e. The smallest absolute Gasteiger partial charge is 0.194 e. The predicted octanol–water partition coefficient (Wildman–Crippen LogP) is 1.04. The first-order valence-corrected chi connectivity index (χ1v) is 7.09. The maximum Gasteiger partial charge on any atom is 0.194 e. The Hall–Kier alpha value is -1.12. The van der Waals surface area contributed by atoms with E-state index in [4.69, 9.17) is 5.84 Å². The quantitative estimate of drug-likeness (QED) is 0.481. The third-order valence-corrected chi connectivity index (χ3v) is 3.40. The number of nitrogens with one attached hydrogen (secondary N) is 1. The Bertz CT molecular complexity index is 534. The third kappa shape index (κ3) is 3.69. The fourth-order valence-electron chi connectivity index (χ4n) is 1.47. The zero-order chi connectivity index (χ0) is 13.9. The lowest BCUT2D eigenvalue weighted by molar-refractivity contribution is 0.423. The molecule has 4 nitrogen and oxygen atoms in total. The van der Waals surface area contributed by atoms with E-state index in [1.165, 1.54) is 0 Å². The highest BCUT2D eigenvalue weighted by molar-refractivity contribution is 7.90. The minimum atomic E-state index is -3.25. The summed E-state index contributed by atoms with van der Waals surface area (Å²) in [7, 11) is -3.25. The van der Waals surface area contributed by atoms with E-state index in [2.05, 4.69) is 5.43 Å². The largest absolute Gasteiger partial charge is 0.271 e. The molecule has 0 radical (unpaired) electrons. The molecule has 0 heterocycles. The van der Waals surface area contributed by atoms with Crippen molar-refractivity contribution in [3.63, 3.8) is 0 Å². The van der Waals surface area contributed by atoms with Crippen LogP contribution < -0.4 is 11.3 Å². The van der Waals surface area contributed by atoms with Crippen molar-refractivity contribution in [2.75, 3.05) is 12.0 Å². The van der Waals surface area contributed by atoms with Gasteiger partial charge in [-0.2, -0.15) is 0 Å². The lowest BCUT2D eigenvalue weighted by atomic mass is 10.0. The van der Waals surface area contributed by atoms with Crippen LogP contribution in [0.15, 0.2) is 12.1 Å². The van der Waals surface area contributed by atoms with Crippen molar-refractivity contribution in [1.29, 1.82) is 0 Å². The zero-order valence-corrected chi connectivity index (χ0v) is 10.4. The van der Waals surface area contributed by atoms with Gasteiger partial charge in [0.1, 0.15) is 9.84 Å². The van der Waals surface area contributed by atoms with E-state index in [1.54, 1.807) is 0 Å². The van der Waals surface area contributed by atoms with Gasteiger partial charge in [-0.25, -0.2) is 21.6 Å². The van der Waals surface area contributed by atoms with Crippen molar-refractivity contribution >= 4 is 9.84 Å². The Kier molecular flexibility index (Phi) is 4.71. The summed E-state index contributed by atoms with van der Waals surface area (Å²) in [6.45, 7) is 0. The molecule has 0 aliphatic carbocycles. The van der Waals surface area contributed by atoms with E-state index in [0.717, 1.165) is 18.4 Å². The van der Waals surface area contributed by atoms with E-state index in [0.29, 0.717) is 0 Å². The van der Waals surface area contributed by atoms with Crippen molar-refractivity contribution < 1.29 is 21.6 Å². The standard InChI is InChI=1S/C10H13F3N2O2S/c1-18(16,17)5-4-8(15-14)6-2-3-7(11)10(13)9(6)12/h2-3,8,15H,4-5,14H2,1H3. The van der Waals surface area contributed by atoms with Gasteiger partial charge < -0.3 is 0 Å². The van der Waals surface area contributed by atoms with Crippen LogP contribution in [0.3, 0.4) is 0 Å². The summed E-state index contributed by atoms with van der Waals surface area (Å²) < 4.78 is 61.2. The number of nitrogens with two attached hydrogens (primary N) is 1. The van der Waals surface area contributed by atoms with E-state index >= 15 is 0 Å². The molecule has 18 heavy (non-hydrogen) atoms. The van der Waals surface area contributed by atoms with Gasteiger partial charge in [0.15, 0.2) is 17.5 Å². The second-order valence-corrected chi connectivity index (χ2v) is 6.16. The van der Waals surface area contributed by atoms with Crippen LogP contribution in [0.5, 0.6) is 0 Å². The summed E-state index contributed by atoms with van der Waals surface area (Å²) in [5.41, 5.74) is 1.98. The van der Waals surface area contributed by atoms with Gasteiger partial charge in [0.25, 0.3) is 0 Å². The van der Waals surface area contributed by atoms with E-state index < -0.39 is 33.3 Å². The van der Waals surface area contributed by atoms with Crippen LogP contribution in [0.25, 0.3) is 0 Å². The molecule has 1 unspecified atom stereocenters. The maximum atomic E-state index is 13.5. The van der Waals surface area contributed by atoms with Gasteiger partial charge in [0, 0.05) is 17.9 Å². The van der Waals surface area contributed by atoms with Crippen LogP contribution in [0.4, 0.5) is 13.2 Å². The predicted molar refractivity (Wildman–Crippen MR) is 60.7 cm³/mol. The SMILES string of the molecule is CS(=O)(=O)CCC(NN)c1ccc(F)c(F)c1F. The first-order chi connectivity index (χ1) is 8.26. The monoisotopic (exact) mass is 282 g/mol. The van der Waals surface area contributed by atoms with Crippen molar-refractivity contribution in [3.05, 3.63) is 35.1 Å². The molecule has 1 atom stereocenters. The Morgan fingerprint density at radius 1 is 1.28 bits per heavy atom. The van der Waals surface area contributed by atoms with Crippen molar-refractivity contribution in [1.82, 2.24) is 5.43 Å². The molecular weight excluding hydrogens is 269 g/mol. The molecule has 1 aromatic carbocycles. The highest BCUT2D eigenvalue weighted by atomic mass is 32.2. The molecule has 102 valence electrons. The molecule has 0 aromatic heterocycles. The highest BCUT2D eigenvalue weighted by Crippen LogP contribution is 2.23. The number of benzene rings is 1. The van der Waals surface area contributed by atoms with Crippen LogP contribution in [-0.4, -0.2) is 20.4 Å². The molecule has 1 aromatic rings. The molecule has 3 N–H and O–H groups in total. The van der Waals surface area contributed by atoms with Crippen LogP contribution in [-0.2, 0) is 9.84 Å². The zero-order valence-electron chi connectivity index (χ0n) is 9.58. The maximum absolute atomic E-state index is 13.5. The van der Waals surface area contributed by atoms with Gasteiger partial charge in [0.2, 0.25) is 0 Å².